The second kappa shape index (κ2) is 8.32. The minimum atomic E-state index is 0.168. The highest BCUT2D eigenvalue weighted by molar-refractivity contribution is 7.98. The second-order valence-electron chi connectivity index (χ2n) is 6.30. The van der Waals surface area contributed by atoms with Crippen LogP contribution in [0.4, 0.5) is 5.13 Å². The van der Waals surface area contributed by atoms with Gasteiger partial charge in [0.05, 0.1) is 16.8 Å². The highest BCUT2D eigenvalue weighted by atomic mass is 32.2. The molecule has 2 heterocycles. The predicted molar refractivity (Wildman–Crippen MR) is 105 cm³/mol. The van der Waals surface area contributed by atoms with Gasteiger partial charge in [0.15, 0.2) is 5.13 Å². The lowest BCUT2D eigenvalue weighted by Crippen LogP contribution is -2.44. The van der Waals surface area contributed by atoms with Gasteiger partial charge in [-0.2, -0.15) is 11.8 Å². The fraction of sp³-hybridized carbons (Fsp3) is 0.556. The standard InChI is InChI=1S/C18H25N3OS2/c1-3-21(18-19-15-8-4-5-9-16(15)24-18)17(22)12-20-10-6-7-14(11-20)13-23-2/h4-5,8-9,14H,3,6-7,10-13H2,1-2H3/t14-/m0/s1. The van der Waals surface area contributed by atoms with Gasteiger partial charge in [-0.15, -0.1) is 0 Å². The average molecular weight is 364 g/mol. The third-order valence-corrected chi connectivity index (χ3v) is 6.36. The molecule has 0 bridgehead atoms. The number of hydrogen-bond acceptors (Lipinski definition) is 5. The van der Waals surface area contributed by atoms with E-state index in [0.717, 1.165) is 34.4 Å². The summed E-state index contributed by atoms with van der Waals surface area (Å²) in [6.45, 7) is 5.28. The smallest absolute Gasteiger partial charge is 0.242 e. The maximum Gasteiger partial charge on any atom is 0.242 e. The number of benzene rings is 1. The van der Waals surface area contributed by atoms with Crippen molar-refractivity contribution in [2.75, 3.05) is 43.1 Å². The number of aromatic nitrogens is 1. The number of likely N-dealkylation sites (tertiary alicyclic amines) is 1. The average Bonchev–Trinajstić information content (AvgIpc) is 2.99. The monoisotopic (exact) mass is 363 g/mol. The van der Waals surface area contributed by atoms with Gasteiger partial charge in [-0.25, -0.2) is 4.98 Å². The number of hydrogen-bond donors (Lipinski definition) is 0. The van der Waals surface area contributed by atoms with Crippen LogP contribution in [0.1, 0.15) is 19.8 Å². The Balaban J connectivity index is 1.67. The van der Waals surface area contributed by atoms with Crippen LogP contribution >= 0.6 is 23.1 Å². The van der Waals surface area contributed by atoms with E-state index in [9.17, 15) is 4.79 Å². The molecule has 6 heteroatoms. The Kier molecular flexibility index (Phi) is 6.14. The molecule has 0 radical (unpaired) electrons. The van der Waals surface area contributed by atoms with E-state index >= 15 is 0 Å². The third kappa shape index (κ3) is 4.10. The molecule has 3 rings (SSSR count). The first-order valence-corrected chi connectivity index (χ1v) is 10.8. The van der Waals surface area contributed by atoms with Gasteiger partial charge in [0.25, 0.3) is 0 Å². The summed E-state index contributed by atoms with van der Waals surface area (Å²) in [5.74, 6) is 2.08. The maximum atomic E-state index is 12.8. The quantitative estimate of drug-likeness (QED) is 0.784. The number of fused-ring (bicyclic) bond motifs is 1. The number of para-hydroxylation sites is 1. The molecule has 2 aromatic rings. The van der Waals surface area contributed by atoms with Gasteiger partial charge in [0, 0.05) is 13.1 Å². The summed E-state index contributed by atoms with van der Waals surface area (Å²) in [6.07, 6.45) is 4.66. The number of carbonyl (C=O) groups excluding carboxylic acids is 1. The number of thiazole rings is 1. The number of nitrogens with zero attached hydrogens (tertiary/aromatic N) is 3. The van der Waals surface area contributed by atoms with Crippen molar-refractivity contribution in [2.24, 2.45) is 5.92 Å². The van der Waals surface area contributed by atoms with Gasteiger partial charge in [-0.1, -0.05) is 23.5 Å². The van der Waals surface area contributed by atoms with Crippen LogP contribution < -0.4 is 4.90 Å². The van der Waals surface area contributed by atoms with Crippen molar-refractivity contribution >= 4 is 44.4 Å². The zero-order chi connectivity index (χ0) is 16.9. The van der Waals surface area contributed by atoms with Crippen molar-refractivity contribution in [3.8, 4) is 0 Å². The van der Waals surface area contributed by atoms with Crippen LogP contribution in [0.5, 0.6) is 0 Å². The summed E-state index contributed by atoms with van der Waals surface area (Å²) in [7, 11) is 0. The number of thioether (sulfide) groups is 1. The molecule has 0 aliphatic carbocycles. The third-order valence-electron chi connectivity index (χ3n) is 4.50. The highest BCUT2D eigenvalue weighted by Crippen LogP contribution is 2.29. The summed E-state index contributed by atoms with van der Waals surface area (Å²) in [4.78, 5) is 21.6. The highest BCUT2D eigenvalue weighted by Gasteiger charge is 2.24. The Bertz CT molecular complexity index is 653. The van der Waals surface area contributed by atoms with Crippen molar-refractivity contribution in [1.29, 1.82) is 0 Å². The van der Waals surface area contributed by atoms with Gasteiger partial charge in [-0.05, 0) is 56.4 Å². The number of anilines is 1. The van der Waals surface area contributed by atoms with E-state index in [1.165, 1.54) is 18.6 Å². The minimum absolute atomic E-state index is 0.168. The van der Waals surface area contributed by atoms with Crippen molar-refractivity contribution < 1.29 is 4.79 Å². The molecule has 1 amide bonds. The Morgan fingerprint density at radius 2 is 2.29 bits per heavy atom. The molecule has 4 nitrogen and oxygen atoms in total. The molecule has 0 N–H and O–H groups in total. The SMILES string of the molecule is CCN(C(=O)CN1CCC[C@H](CSC)C1)c1nc2ccccc2s1. The molecule has 1 fully saturated rings. The first kappa shape index (κ1) is 17.7. The maximum absolute atomic E-state index is 12.8. The van der Waals surface area contributed by atoms with E-state index in [1.807, 2.05) is 41.8 Å². The number of amides is 1. The predicted octanol–water partition coefficient (Wildman–Crippen LogP) is 3.72. The van der Waals surface area contributed by atoms with Crippen molar-refractivity contribution in [1.82, 2.24) is 9.88 Å². The van der Waals surface area contributed by atoms with Crippen LogP contribution in [-0.4, -0.2) is 54.0 Å². The molecule has 0 unspecified atom stereocenters. The van der Waals surface area contributed by atoms with Gasteiger partial charge < -0.3 is 0 Å². The van der Waals surface area contributed by atoms with Crippen LogP contribution in [0, 0.1) is 5.92 Å². The van der Waals surface area contributed by atoms with Gasteiger partial charge >= 0.3 is 0 Å². The molecule has 1 atom stereocenters. The molecule has 0 saturated carbocycles. The van der Waals surface area contributed by atoms with Crippen LogP contribution in [0.2, 0.25) is 0 Å². The van der Waals surface area contributed by atoms with Crippen molar-refractivity contribution in [3.05, 3.63) is 24.3 Å². The molecule has 1 aliphatic rings. The largest absolute Gasteiger partial charge is 0.294 e. The number of rotatable bonds is 6. The number of carbonyl (C=O) groups is 1. The first-order valence-electron chi connectivity index (χ1n) is 8.58. The molecule has 130 valence electrons. The van der Waals surface area contributed by atoms with E-state index < -0.39 is 0 Å². The zero-order valence-corrected chi connectivity index (χ0v) is 16.0. The minimum Gasteiger partial charge on any atom is -0.294 e. The van der Waals surface area contributed by atoms with Crippen LogP contribution in [0.3, 0.4) is 0 Å². The molecule has 1 aliphatic heterocycles. The lowest BCUT2D eigenvalue weighted by atomic mass is 10.00. The molecule has 1 aromatic carbocycles. The molecular formula is C18H25N3OS2. The van der Waals surface area contributed by atoms with E-state index in [2.05, 4.69) is 22.2 Å². The summed E-state index contributed by atoms with van der Waals surface area (Å²) < 4.78 is 1.14. The number of likely N-dealkylation sites (N-methyl/N-ethyl adjacent to an activating group) is 1. The van der Waals surface area contributed by atoms with E-state index in [4.69, 9.17) is 0 Å². The molecular weight excluding hydrogens is 338 g/mol. The van der Waals surface area contributed by atoms with Crippen molar-refractivity contribution in [2.45, 2.75) is 19.8 Å². The van der Waals surface area contributed by atoms with E-state index in [1.54, 1.807) is 11.3 Å². The normalized spacial score (nSPS) is 18.8. The van der Waals surface area contributed by atoms with Crippen LogP contribution in [0.25, 0.3) is 10.2 Å². The zero-order valence-electron chi connectivity index (χ0n) is 14.4. The molecule has 24 heavy (non-hydrogen) atoms. The first-order chi connectivity index (χ1) is 11.7. The lowest BCUT2D eigenvalue weighted by molar-refractivity contribution is -0.120. The molecule has 0 spiro atoms. The Morgan fingerprint density at radius 1 is 1.46 bits per heavy atom. The lowest BCUT2D eigenvalue weighted by Gasteiger charge is -2.33. The van der Waals surface area contributed by atoms with Crippen LogP contribution in [0.15, 0.2) is 24.3 Å². The fourth-order valence-corrected chi connectivity index (χ4v) is 5.13. The molecule has 1 aromatic heterocycles. The van der Waals surface area contributed by atoms with E-state index in [-0.39, 0.29) is 5.91 Å². The number of piperidine rings is 1. The van der Waals surface area contributed by atoms with E-state index in [0.29, 0.717) is 13.1 Å². The summed E-state index contributed by atoms with van der Waals surface area (Å²) in [6, 6.07) is 8.07. The Hall–Kier alpha value is -1.11. The molecule has 1 saturated heterocycles. The fourth-order valence-electron chi connectivity index (χ4n) is 3.34. The van der Waals surface area contributed by atoms with Gasteiger partial charge in [0.1, 0.15) is 0 Å². The topological polar surface area (TPSA) is 36.4 Å². The summed E-state index contributed by atoms with van der Waals surface area (Å²) in [5.41, 5.74) is 0.974. The van der Waals surface area contributed by atoms with Gasteiger partial charge in [0.2, 0.25) is 5.91 Å². The summed E-state index contributed by atoms with van der Waals surface area (Å²) in [5, 5.41) is 0.821. The van der Waals surface area contributed by atoms with Gasteiger partial charge in [-0.3, -0.25) is 14.6 Å². The second-order valence-corrected chi connectivity index (χ2v) is 8.22. The van der Waals surface area contributed by atoms with Crippen molar-refractivity contribution in [3.63, 3.8) is 0 Å². The van der Waals surface area contributed by atoms with Crippen LogP contribution in [-0.2, 0) is 4.79 Å². The summed E-state index contributed by atoms with van der Waals surface area (Å²) >= 11 is 3.51. The Morgan fingerprint density at radius 3 is 3.04 bits per heavy atom. The Labute approximate surface area is 152 Å².